The number of aryl methyl sites for hydroxylation is 2. The summed E-state index contributed by atoms with van der Waals surface area (Å²) in [6, 6.07) is 17.5. The van der Waals surface area contributed by atoms with E-state index in [1.165, 1.54) is 30.4 Å². The van der Waals surface area contributed by atoms with Crippen LogP contribution < -0.4 is 0 Å². The lowest BCUT2D eigenvalue weighted by Crippen LogP contribution is -1.84. The molecule has 0 saturated heterocycles. The van der Waals surface area contributed by atoms with Crippen molar-refractivity contribution in [1.29, 1.82) is 0 Å². The van der Waals surface area contributed by atoms with Crippen LogP contribution in [-0.2, 0) is 12.8 Å². The lowest BCUT2D eigenvalue weighted by atomic mass is 10.0. The fourth-order valence-electron chi connectivity index (χ4n) is 2.38. The first-order valence-electron chi connectivity index (χ1n) is 5.61. The van der Waals surface area contributed by atoms with Gasteiger partial charge in [-0.3, -0.25) is 0 Å². The van der Waals surface area contributed by atoms with Crippen molar-refractivity contribution >= 4 is 0 Å². The van der Waals surface area contributed by atoms with Gasteiger partial charge in [-0.05, 0) is 41.5 Å². The van der Waals surface area contributed by atoms with Crippen LogP contribution >= 0.6 is 0 Å². The molecule has 0 aliphatic heterocycles. The molecule has 0 amide bonds. The molecule has 0 fully saturated rings. The average Bonchev–Trinajstić information content (AvgIpc) is 2.77. The molecule has 2 aromatic carbocycles. The SMILES string of the molecule is c1ccc(-c2ccc3c(c2)CCC3)cc1. The summed E-state index contributed by atoms with van der Waals surface area (Å²) >= 11 is 0. The van der Waals surface area contributed by atoms with Crippen LogP contribution in [0.2, 0.25) is 0 Å². The fourth-order valence-corrected chi connectivity index (χ4v) is 2.38. The average molecular weight is 194 g/mol. The molecule has 0 radical (unpaired) electrons. The van der Waals surface area contributed by atoms with E-state index in [4.69, 9.17) is 0 Å². The monoisotopic (exact) mass is 194 g/mol. The van der Waals surface area contributed by atoms with Crippen LogP contribution in [0.5, 0.6) is 0 Å². The molecule has 74 valence electrons. The minimum Gasteiger partial charge on any atom is -0.0622 e. The van der Waals surface area contributed by atoms with Crippen LogP contribution in [0.1, 0.15) is 17.5 Å². The molecule has 0 nitrogen and oxygen atoms in total. The number of hydrogen-bond donors (Lipinski definition) is 0. The molecule has 0 spiro atoms. The van der Waals surface area contributed by atoms with Crippen molar-refractivity contribution in [3.8, 4) is 11.1 Å². The summed E-state index contributed by atoms with van der Waals surface area (Å²) in [5.41, 5.74) is 5.79. The zero-order valence-electron chi connectivity index (χ0n) is 8.74. The molecule has 1 aliphatic carbocycles. The predicted molar refractivity (Wildman–Crippen MR) is 63.9 cm³/mol. The fraction of sp³-hybridized carbons (Fsp3) is 0.200. The highest BCUT2D eigenvalue weighted by atomic mass is 14.2. The third kappa shape index (κ3) is 1.56. The third-order valence-corrected chi connectivity index (χ3v) is 3.21. The first kappa shape index (κ1) is 8.72. The zero-order valence-corrected chi connectivity index (χ0v) is 8.74. The second-order valence-electron chi connectivity index (χ2n) is 4.20. The summed E-state index contributed by atoms with van der Waals surface area (Å²) < 4.78 is 0. The highest BCUT2D eigenvalue weighted by Gasteiger charge is 2.10. The summed E-state index contributed by atoms with van der Waals surface area (Å²) in [4.78, 5) is 0. The highest BCUT2D eigenvalue weighted by molar-refractivity contribution is 5.65. The maximum Gasteiger partial charge on any atom is -0.0181 e. The second-order valence-corrected chi connectivity index (χ2v) is 4.20. The van der Waals surface area contributed by atoms with Crippen LogP contribution in [-0.4, -0.2) is 0 Å². The van der Waals surface area contributed by atoms with E-state index in [9.17, 15) is 0 Å². The van der Waals surface area contributed by atoms with Crippen LogP contribution in [0.4, 0.5) is 0 Å². The van der Waals surface area contributed by atoms with E-state index in [-0.39, 0.29) is 0 Å². The molecule has 2 aromatic rings. The molecule has 3 rings (SSSR count). The lowest BCUT2D eigenvalue weighted by molar-refractivity contribution is 0.912. The summed E-state index contributed by atoms with van der Waals surface area (Å²) in [6.07, 6.45) is 3.86. The Morgan fingerprint density at radius 1 is 0.667 bits per heavy atom. The van der Waals surface area contributed by atoms with Gasteiger partial charge < -0.3 is 0 Å². The molecule has 0 unspecified atom stereocenters. The summed E-state index contributed by atoms with van der Waals surface area (Å²) in [5.74, 6) is 0. The zero-order chi connectivity index (χ0) is 10.1. The van der Waals surface area contributed by atoms with Gasteiger partial charge >= 0.3 is 0 Å². The van der Waals surface area contributed by atoms with Gasteiger partial charge in [-0.2, -0.15) is 0 Å². The Labute approximate surface area is 90.6 Å². The minimum atomic E-state index is 1.26. The van der Waals surface area contributed by atoms with Gasteiger partial charge in [0.05, 0.1) is 0 Å². The van der Waals surface area contributed by atoms with E-state index in [0.717, 1.165) is 0 Å². The maximum absolute atomic E-state index is 2.36. The molecule has 0 aromatic heterocycles. The van der Waals surface area contributed by atoms with Crippen molar-refractivity contribution < 1.29 is 0 Å². The van der Waals surface area contributed by atoms with Gasteiger partial charge in [0.1, 0.15) is 0 Å². The van der Waals surface area contributed by atoms with E-state index in [1.54, 1.807) is 11.1 Å². The first-order valence-corrected chi connectivity index (χ1v) is 5.61. The molecule has 0 heteroatoms. The first-order chi connectivity index (χ1) is 7.43. The number of hydrogen-bond acceptors (Lipinski definition) is 0. The highest BCUT2D eigenvalue weighted by Crippen LogP contribution is 2.27. The summed E-state index contributed by atoms with van der Waals surface area (Å²) in [7, 11) is 0. The Bertz CT molecular complexity index is 469. The largest absolute Gasteiger partial charge is 0.0622 e. The van der Waals surface area contributed by atoms with E-state index < -0.39 is 0 Å². The van der Waals surface area contributed by atoms with Crippen molar-refractivity contribution in [1.82, 2.24) is 0 Å². The molecular weight excluding hydrogens is 180 g/mol. The van der Waals surface area contributed by atoms with Crippen LogP contribution in [0, 0.1) is 0 Å². The van der Waals surface area contributed by atoms with Crippen molar-refractivity contribution in [2.24, 2.45) is 0 Å². The smallest absolute Gasteiger partial charge is 0.0181 e. The molecule has 0 bridgehead atoms. The second kappa shape index (κ2) is 3.54. The molecule has 1 aliphatic rings. The Hall–Kier alpha value is -1.56. The molecule has 0 N–H and O–H groups in total. The molecule has 15 heavy (non-hydrogen) atoms. The van der Waals surface area contributed by atoms with Gasteiger partial charge in [-0.1, -0.05) is 48.5 Å². The Morgan fingerprint density at radius 2 is 1.47 bits per heavy atom. The van der Waals surface area contributed by atoms with E-state index in [2.05, 4.69) is 48.5 Å². The quantitative estimate of drug-likeness (QED) is 0.647. The topological polar surface area (TPSA) is 0 Å². The van der Waals surface area contributed by atoms with Gasteiger partial charge in [0.25, 0.3) is 0 Å². The lowest BCUT2D eigenvalue weighted by Gasteiger charge is -2.04. The molecule has 0 saturated carbocycles. The molecule has 0 heterocycles. The van der Waals surface area contributed by atoms with Gasteiger partial charge in [0, 0.05) is 0 Å². The van der Waals surface area contributed by atoms with E-state index in [0.29, 0.717) is 0 Å². The Kier molecular flexibility index (Phi) is 2.06. The number of rotatable bonds is 1. The number of benzene rings is 2. The van der Waals surface area contributed by atoms with Crippen molar-refractivity contribution in [2.75, 3.05) is 0 Å². The van der Waals surface area contributed by atoms with Gasteiger partial charge in [0.15, 0.2) is 0 Å². The van der Waals surface area contributed by atoms with E-state index >= 15 is 0 Å². The van der Waals surface area contributed by atoms with Crippen molar-refractivity contribution in [2.45, 2.75) is 19.3 Å². The summed E-state index contributed by atoms with van der Waals surface area (Å²) in [5, 5.41) is 0. The Morgan fingerprint density at radius 3 is 2.33 bits per heavy atom. The third-order valence-electron chi connectivity index (χ3n) is 3.21. The van der Waals surface area contributed by atoms with Crippen molar-refractivity contribution in [3.63, 3.8) is 0 Å². The summed E-state index contributed by atoms with van der Waals surface area (Å²) in [6.45, 7) is 0. The van der Waals surface area contributed by atoms with Crippen LogP contribution in [0.3, 0.4) is 0 Å². The van der Waals surface area contributed by atoms with Crippen molar-refractivity contribution in [3.05, 3.63) is 59.7 Å². The van der Waals surface area contributed by atoms with Gasteiger partial charge in [-0.25, -0.2) is 0 Å². The predicted octanol–water partition coefficient (Wildman–Crippen LogP) is 3.84. The van der Waals surface area contributed by atoms with Gasteiger partial charge in [-0.15, -0.1) is 0 Å². The number of fused-ring (bicyclic) bond motifs is 1. The van der Waals surface area contributed by atoms with Crippen LogP contribution in [0.15, 0.2) is 48.5 Å². The van der Waals surface area contributed by atoms with Crippen LogP contribution in [0.25, 0.3) is 11.1 Å². The normalized spacial score (nSPS) is 13.9. The standard InChI is InChI=1S/C15H14/c1-2-5-12(6-3-1)15-10-9-13-7-4-8-14(13)11-15/h1-3,5-6,9-11H,4,7-8H2. The van der Waals surface area contributed by atoms with E-state index in [1.807, 2.05) is 0 Å². The Balaban J connectivity index is 2.07. The minimum absolute atomic E-state index is 1.26. The van der Waals surface area contributed by atoms with Gasteiger partial charge in [0.2, 0.25) is 0 Å². The maximum atomic E-state index is 2.36. The molecule has 0 atom stereocenters. The molecular formula is C15H14.